The van der Waals surface area contributed by atoms with Crippen molar-refractivity contribution in [1.29, 1.82) is 0 Å². The fraction of sp³-hybridized carbons (Fsp3) is 0.933. The van der Waals surface area contributed by atoms with E-state index >= 15 is 0 Å². The van der Waals surface area contributed by atoms with Crippen LogP contribution in [0.5, 0.6) is 0 Å². The third kappa shape index (κ3) is 5.85. The quantitative estimate of drug-likeness (QED) is 0.830. The molecule has 2 aliphatic heterocycles. The first-order chi connectivity index (χ1) is 9.38. The van der Waals surface area contributed by atoms with Crippen molar-refractivity contribution in [2.45, 2.75) is 33.2 Å². The normalized spacial score (nSPS) is 24.4. The number of halogens is 2. The Labute approximate surface area is 146 Å². The second-order valence-corrected chi connectivity index (χ2v) is 7.20. The van der Waals surface area contributed by atoms with Crippen molar-refractivity contribution in [2.24, 2.45) is 17.1 Å². The van der Waals surface area contributed by atoms with Crippen molar-refractivity contribution in [3.05, 3.63) is 0 Å². The maximum Gasteiger partial charge on any atom is 0.240 e. The lowest BCUT2D eigenvalue weighted by molar-refractivity contribution is -0.136. The summed E-state index contributed by atoms with van der Waals surface area (Å²) < 4.78 is 5.42. The molecule has 2 aliphatic rings. The summed E-state index contributed by atoms with van der Waals surface area (Å²) in [6.07, 6.45) is 1.17. The Kier molecular flexibility index (Phi) is 9.25. The summed E-state index contributed by atoms with van der Waals surface area (Å²) in [7, 11) is 0. The first kappa shape index (κ1) is 21.9. The molecule has 1 unspecified atom stereocenters. The zero-order valence-electron chi connectivity index (χ0n) is 13.9. The van der Waals surface area contributed by atoms with Crippen molar-refractivity contribution < 1.29 is 9.53 Å². The summed E-state index contributed by atoms with van der Waals surface area (Å²) in [6.45, 7) is 12.5. The third-order valence-electron chi connectivity index (χ3n) is 4.42. The highest BCUT2D eigenvalue weighted by Gasteiger charge is 2.33. The first-order valence-corrected chi connectivity index (χ1v) is 7.72. The standard InChI is InChI=1S/C15H29N3O2.2ClH/c1-15(2,3)13(16)14(19)18-7-5-17(6-8-18)10-12-4-9-20-11-12;;/h12-13H,4-11,16H2,1-3H3;2*1H/t12?,13-;;/m1../s1. The highest BCUT2D eigenvalue weighted by Crippen LogP contribution is 2.20. The van der Waals surface area contributed by atoms with E-state index in [0.29, 0.717) is 5.92 Å². The molecular formula is C15H31Cl2N3O2. The number of amides is 1. The summed E-state index contributed by atoms with van der Waals surface area (Å²) in [4.78, 5) is 16.7. The molecule has 22 heavy (non-hydrogen) atoms. The maximum absolute atomic E-state index is 12.4. The number of ether oxygens (including phenoxy) is 1. The van der Waals surface area contributed by atoms with E-state index in [2.05, 4.69) is 4.90 Å². The maximum atomic E-state index is 12.4. The molecule has 0 spiro atoms. The van der Waals surface area contributed by atoms with Crippen molar-refractivity contribution >= 4 is 30.7 Å². The molecule has 0 aromatic heterocycles. The Balaban J connectivity index is 0.00000220. The third-order valence-corrected chi connectivity index (χ3v) is 4.42. The average Bonchev–Trinajstić information content (AvgIpc) is 2.90. The van der Waals surface area contributed by atoms with Gasteiger partial charge in [0.1, 0.15) is 0 Å². The summed E-state index contributed by atoms with van der Waals surface area (Å²) in [5.74, 6) is 0.774. The Morgan fingerprint density at radius 2 is 1.82 bits per heavy atom. The summed E-state index contributed by atoms with van der Waals surface area (Å²) in [5, 5.41) is 0. The first-order valence-electron chi connectivity index (χ1n) is 7.72. The lowest BCUT2D eigenvalue weighted by atomic mass is 9.86. The number of carbonyl (C=O) groups excluding carboxylic acids is 1. The lowest BCUT2D eigenvalue weighted by Crippen LogP contribution is -2.56. The molecule has 1 amide bonds. The van der Waals surface area contributed by atoms with Crippen molar-refractivity contribution in [3.63, 3.8) is 0 Å². The van der Waals surface area contributed by atoms with Crippen LogP contribution in [0.15, 0.2) is 0 Å². The minimum atomic E-state index is -0.405. The van der Waals surface area contributed by atoms with Gasteiger partial charge in [-0.05, 0) is 17.8 Å². The molecule has 0 saturated carbocycles. The Morgan fingerprint density at radius 1 is 1.23 bits per heavy atom. The van der Waals surface area contributed by atoms with Crippen LogP contribution in [0.25, 0.3) is 0 Å². The highest BCUT2D eigenvalue weighted by molar-refractivity contribution is 5.85. The number of carbonyl (C=O) groups is 1. The van der Waals surface area contributed by atoms with E-state index in [4.69, 9.17) is 10.5 Å². The SMILES string of the molecule is CC(C)(C)[C@H](N)C(=O)N1CCN(CC2CCOC2)CC1.Cl.Cl. The van der Waals surface area contributed by atoms with Crippen LogP contribution in [0.4, 0.5) is 0 Å². The number of nitrogens with zero attached hydrogens (tertiary/aromatic N) is 2. The molecule has 132 valence electrons. The molecule has 2 heterocycles. The van der Waals surface area contributed by atoms with Crippen molar-refractivity contribution in [2.75, 3.05) is 45.9 Å². The van der Waals surface area contributed by atoms with Crippen molar-refractivity contribution in [1.82, 2.24) is 9.80 Å². The van der Waals surface area contributed by atoms with E-state index in [-0.39, 0.29) is 36.1 Å². The van der Waals surface area contributed by atoms with Gasteiger partial charge in [0.05, 0.1) is 12.6 Å². The van der Waals surface area contributed by atoms with Crippen LogP contribution in [0, 0.1) is 11.3 Å². The molecule has 0 radical (unpaired) electrons. The van der Waals surface area contributed by atoms with Crippen molar-refractivity contribution in [3.8, 4) is 0 Å². The molecule has 2 saturated heterocycles. The molecule has 2 rings (SSSR count). The molecule has 0 aromatic carbocycles. The molecule has 0 aromatic rings. The van der Waals surface area contributed by atoms with Gasteiger partial charge in [0.25, 0.3) is 0 Å². The molecule has 0 aliphatic carbocycles. The smallest absolute Gasteiger partial charge is 0.240 e. The topological polar surface area (TPSA) is 58.8 Å². The molecule has 2 atom stereocenters. The minimum absolute atomic E-state index is 0. The van der Waals surface area contributed by atoms with Gasteiger partial charge in [-0.25, -0.2) is 0 Å². The Morgan fingerprint density at radius 3 is 2.27 bits per heavy atom. The zero-order valence-corrected chi connectivity index (χ0v) is 15.5. The Hall–Kier alpha value is -0.0700. The second kappa shape index (κ2) is 9.28. The van der Waals surface area contributed by atoms with Crippen LogP contribution in [-0.2, 0) is 9.53 Å². The minimum Gasteiger partial charge on any atom is -0.381 e. The largest absolute Gasteiger partial charge is 0.381 e. The van der Waals surface area contributed by atoms with Gasteiger partial charge >= 0.3 is 0 Å². The van der Waals surface area contributed by atoms with Crippen LogP contribution >= 0.6 is 24.8 Å². The van der Waals surface area contributed by atoms with E-state index in [0.717, 1.165) is 45.9 Å². The monoisotopic (exact) mass is 355 g/mol. The molecule has 7 heteroatoms. The van der Waals surface area contributed by atoms with Gasteiger partial charge in [0.2, 0.25) is 5.91 Å². The molecule has 2 N–H and O–H groups in total. The number of nitrogens with two attached hydrogens (primary N) is 1. The predicted molar refractivity (Wildman–Crippen MR) is 93.9 cm³/mol. The number of hydrogen-bond donors (Lipinski definition) is 1. The Bertz CT molecular complexity index is 336. The number of rotatable bonds is 3. The van der Waals surface area contributed by atoms with Crippen LogP contribution in [-0.4, -0.2) is 67.7 Å². The zero-order chi connectivity index (χ0) is 14.8. The van der Waals surface area contributed by atoms with Crippen LogP contribution in [0.2, 0.25) is 0 Å². The average molecular weight is 356 g/mol. The summed E-state index contributed by atoms with van der Waals surface area (Å²) in [5.41, 5.74) is 5.90. The van der Waals surface area contributed by atoms with Crippen LogP contribution in [0.3, 0.4) is 0 Å². The van der Waals surface area contributed by atoms with Gasteiger partial charge in [-0.15, -0.1) is 24.8 Å². The summed E-state index contributed by atoms with van der Waals surface area (Å²) >= 11 is 0. The van der Waals surface area contributed by atoms with E-state index in [1.165, 1.54) is 6.42 Å². The summed E-state index contributed by atoms with van der Waals surface area (Å²) in [6, 6.07) is -0.405. The van der Waals surface area contributed by atoms with E-state index in [1.54, 1.807) is 0 Å². The van der Waals surface area contributed by atoms with E-state index in [9.17, 15) is 4.79 Å². The van der Waals surface area contributed by atoms with Gasteiger partial charge in [0.15, 0.2) is 0 Å². The lowest BCUT2D eigenvalue weighted by Gasteiger charge is -2.38. The second-order valence-electron chi connectivity index (χ2n) is 7.20. The number of hydrogen-bond acceptors (Lipinski definition) is 4. The molecule has 5 nitrogen and oxygen atoms in total. The van der Waals surface area contributed by atoms with Crippen LogP contribution < -0.4 is 5.73 Å². The van der Waals surface area contributed by atoms with E-state index in [1.807, 2.05) is 25.7 Å². The number of piperazine rings is 1. The van der Waals surface area contributed by atoms with Crippen LogP contribution in [0.1, 0.15) is 27.2 Å². The van der Waals surface area contributed by atoms with Gasteiger partial charge in [-0.1, -0.05) is 20.8 Å². The van der Waals surface area contributed by atoms with E-state index < -0.39 is 6.04 Å². The molecule has 0 bridgehead atoms. The fourth-order valence-electron chi connectivity index (χ4n) is 2.81. The highest BCUT2D eigenvalue weighted by atomic mass is 35.5. The molecular weight excluding hydrogens is 325 g/mol. The van der Waals surface area contributed by atoms with Gasteiger partial charge in [0, 0.05) is 39.3 Å². The fourth-order valence-corrected chi connectivity index (χ4v) is 2.81. The van der Waals surface area contributed by atoms with Gasteiger partial charge in [-0.3, -0.25) is 9.69 Å². The molecule has 2 fully saturated rings. The van der Waals surface area contributed by atoms with Gasteiger partial charge < -0.3 is 15.4 Å². The van der Waals surface area contributed by atoms with Gasteiger partial charge in [-0.2, -0.15) is 0 Å². The predicted octanol–water partition coefficient (Wildman–Crippen LogP) is 1.38.